The van der Waals surface area contributed by atoms with Gasteiger partial charge in [-0.25, -0.2) is 0 Å². The zero-order valence-electron chi connectivity index (χ0n) is 9.62. The molecule has 0 amide bonds. The zero-order chi connectivity index (χ0) is 11.9. The van der Waals surface area contributed by atoms with Crippen molar-refractivity contribution in [1.82, 2.24) is 0 Å². The summed E-state index contributed by atoms with van der Waals surface area (Å²) in [7, 11) is 1.50. The van der Waals surface area contributed by atoms with Gasteiger partial charge in [0.25, 0.3) is 0 Å². The van der Waals surface area contributed by atoms with E-state index in [1.807, 2.05) is 0 Å². The fraction of sp³-hybridized carbons (Fsp3) is 1.00. The number of hydrogen-bond acceptors (Lipinski definition) is 6. The molecule has 0 aromatic rings. The van der Waals surface area contributed by atoms with E-state index in [0.29, 0.717) is 0 Å². The zero-order valence-corrected chi connectivity index (χ0v) is 9.62. The summed E-state index contributed by atoms with van der Waals surface area (Å²) >= 11 is 0. The van der Waals surface area contributed by atoms with Gasteiger partial charge in [0.05, 0.1) is 6.61 Å². The second-order valence-corrected chi connectivity index (χ2v) is 4.52. The van der Waals surface area contributed by atoms with E-state index < -0.39 is 30.4 Å². The minimum absolute atomic E-state index is 0.369. The summed E-state index contributed by atoms with van der Waals surface area (Å²) < 4.78 is 21.8. The third-order valence-corrected chi connectivity index (χ3v) is 2.85. The molecule has 2 saturated heterocycles. The van der Waals surface area contributed by atoms with Crippen molar-refractivity contribution in [3.63, 3.8) is 0 Å². The molecule has 94 valence electrons. The molecule has 2 heterocycles. The Kier molecular flexibility index (Phi) is 3.22. The predicted octanol–water partition coefficient (Wildman–Crippen LogP) is -0.769. The van der Waals surface area contributed by atoms with Crippen molar-refractivity contribution in [2.45, 2.75) is 50.3 Å². The Morgan fingerprint density at radius 3 is 2.50 bits per heavy atom. The Morgan fingerprint density at radius 1 is 1.31 bits per heavy atom. The number of aliphatic hydroxyl groups is 2. The Balaban J connectivity index is 2.14. The lowest BCUT2D eigenvalue weighted by atomic mass is 10.1. The van der Waals surface area contributed by atoms with Crippen LogP contribution in [0.1, 0.15) is 13.8 Å². The summed E-state index contributed by atoms with van der Waals surface area (Å²) in [6, 6.07) is 0. The normalized spacial score (nSPS) is 43.3. The third kappa shape index (κ3) is 1.97. The van der Waals surface area contributed by atoms with E-state index in [-0.39, 0.29) is 12.7 Å². The molecule has 0 bridgehead atoms. The summed E-state index contributed by atoms with van der Waals surface area (Å²) in [5.74, 6) is -0.719. The number of methoxy groups -OCH3 is 1. The molecule has 2 fully saturated rings. The first kappa shape index (κ1) is 12.2. The molecule has 0 aromatic carbocycles. The third-order valence-electron chi connectivity index (χ3n) is 2.85. The van der Waals surface area contributed by atoms with Crippen LogP contribution >= 0.6 is 0 Å². The molecule has 0 aromatic heterocycles. The molecule has 5 atom stereocenters. The smallest absolute Gasteiger partial charge is 0.186 e. The fourth-order valence-electron chi connectivity index (χ4n) is 2.19. The monoisotopic (exact) mass is 234 g/mol. The molecule has 0 unspecified atom stereocenters. The van der Waals surface area contributed by atoms with Crippen molar-refractivity contribution in [1.29, 1.82) is 0 Å². The number of aliphatic hydroxyl groups excluding tert-OH is 2. The average molecular weight is 234 g/mol. The summed E-state index contributed by atoms with van der Waals surface area (Å²) in [5, 5.41) is 18.6. The Morgan fingerprint density at radius 2 is 1.94 bits per heavy atom. The standard InChI is InChI=1S/C10H18O6/c1-10(2)15-7-6(5(12)4-11)14-9(13-3)8(7)16-10/h5-9,11-12H,4H2,1-3H3/t5-,6+,7-,8-,9-/m0/s1. The highest BCUT2D eigenvalue weighted by Crippen LogP contribution is 2.39. The Hall–Kier alpha value is -0.240. The van der Waals surface area contributed by atoms with E-state index >= 15 is 0 Å². The number of hydrogen-bond donors (Lipinski definition) is 2. The Labute approximate surface area is 94.1 Å². The lowest BCUT2D eigenvalue weighted by Crippen LogP contribution is -2.40. The summed E-state index contributed by atoms with van der Waals surface area (Å²) in [6.45, 7) is 3.20. The minimum Gasteiger partial charge on any atom is -0.394 e. The number of ether oxygens (including phenoxy) is 4. The molecule has 0 spiro atoms. The van der Waals surface area contributed by atoms with Crippen molar-refractivity contribution in [3.05, 3.63) is 0 Å². The second-order valence-electron chi connectivity index (χ2n) is 4.52. The van der Waals surface area contributed by atoms with Crippen LogP contribution in [0, 0.1) is 0 Å². The molecule has 16 heavy (non-hydrogen) atoms. The van der Waals surface area contributed by atoms with Gasteiger partial charge in [-0.05, 0) is 13.8 Å². The Bertz CT molecular complexity index is 256. The number of fused-ring (bicyclic) bond motifs is 1. The molecule has 0 saturated carbocycles. The summed E-state index contributed by atoms with van der Waals surface area (Å²) in [4.78, 5) is 0. The van der Waals surface area contributed by atoms with E-state index in [1.54, 1.807) is 13.8 Å². The van der Waals surface area contributed by atoms with Crippen LogP contribution in [0.4, 0.5) is 0 Å². The second kappa shape index (κ2) is 4.21. The van der Waals surface area contributed by atoms with Crippen molar-refractivity contribution in [2.75, 3.05) is 13.7 Å². The highest BCUT2D eigenvalue weighted by Gasteiger charge is 2.57. The first-order valence-corrected chi connectivity index (χ1v) is 5.31. The van der Waals surface area contributed by atoms with Gasteiger partial charge in [0, 0.05) is 7.11 Å². The maximum atomic E-state index is 9.62. The topological polar surface area (TPSA) is 77.4 Å². The van der Waals surface area contributed by atoms with Gasteiger partial charge in [-0.2, -0.15) is 0 Å². The maximum absolute atomic E-state index is 9.62. The summed E-state index contributed by atoms with van der Waals surface area (Å²) in [5.41, 5.74) is 0. The van der Waals surface area contributed by atoms with E-state index in [0.717, 1.165) is 0 Å². The van der Waals surface area contributed by atoms with Gasteiger partial charge >= 0.3 is 0 Å². The first-order valence-electron chi connectivity index (χ1n) is 5.31. The highest BCUT2D eigenvalue weighted by molar-refractivity contribution is 4.97. The average Bonchev–Trinajstić information content (AvgIpc) is 2.69. The van der Waals surface area contributed by atoms with Crippen molar-refractivity contribution >= 4 is 0 Å². The largest absolute Gasteiger partial charge is 0.394 e. The molecule has 0 radical (unpaired) electrons. The summed E-state index contributed by atoms with van der Waals surface area (Å²) in [6.07, 6.45) is -2.97. The molecule has 6 nitrogen and oxygen atoms in total. The highest BCUT2D eigenvalue weighted by atomic mass is 16.8. The van der Waals surface area contributed by atoms with Gasteiger partial charge in [0.2, 0.25) is 0 Å². The molecule has 0 aliphatic carbocycles. The van der Waals surface area contributed by atoms with Crippen LogP contribution in [0.5, 0.6) is 0 Å². The van der Waals surface area contributed by atoms with Crippen LogP contribution in [0.3, 0.4) is 0 Å². The van der Waals surface area contributed by atoms with E-state index in [1.165, 1.54) is 7.11 Å². The fourth-order valence-corrected chi connectivity index (χ4v) is 2.19. The van der Waals surface area contributed by atoms with Crippen LogP contribution in [0.25, 0.3) is 0 Å². The lowest BCUT2D eigenvalue weighted by molar-refractivity contribution is -0.238. The minimum atomic E-state index is -0.995. The van der Waals surface area contributed by atoms with Gasteiger partial charge in [-0.15, -0.1) is 0 Å². The lowest BCUT2D eigenvalue weighted by Gasteiger charge is -2.25. The predicted molar refractivity (Wildman–Crippen MR) is 52.6 cm³/mol. The van der Waals surface area contributed by atoms with Crippen molar-refractivity contribution in [3.8, 4) is 0 Å². The van der Waals surface area contributed by atoms with Gasteiger partial charge in [-0.3, -0.25) is 0 Å². The first-order chi connectivity index (χ1) is 7.48. The molecular formula is C10H18O6. The van der Waals surface area contributed by atoms with Crippen molar-refractivity contribution < 1.29 is 29.2 Å². The number of rotatable bonds is 3. The molecule has 2 N–H and O–H groups in total. The van der Waals surface area contributed by atoms with E-state index in [2.05, 4.69) is 0 Å². The van der Waals surface area contributed by atoms with E-state index in [9.17, 15) is 5.11 Å². The quantitative estimate of drug-likeness (QED) is 0.668. The van der Waals surface area contributed by atoms with Crippen LogP contribution in [0.2, 0.25) is 0 Å². The molecule has 2 aliphatic rings. The van der Waals surface area contributed by atoms with Gasteiger partial charge < -0.3 is 29.2 Å². The van der Waals surface area contributed by atoms with Crippen LogP contribution in [-0.2, 0) is 18.9 Å². The SMILES string of the molecule is CO[C@H]1O[C@H]([C@@H](O)CO)[C@@H]2OC(C)(C)O[C@H]12. The molecule has 2 rings (SSSR count). The molecule has 2 aliphatic heterocycles. The van der Waals surface area contributed by atoms with Crippen LogP contribution < -0.4 is 0 Å². The van der Waals surface area contributed by atoms with E-state index in [4.69, 9.17) is 24.1 Å². The van der Waals surface area contributed by atoms with Crippen molar-refractivity contribution in [2.24, 2.45) is 0 Å². The van der Waals surface area contributed by atoms with Crippen LogP contribution in [0.15, 0.2) is 0 Å². The van der Waals surface area contributed by atoms with Crippen LogP contribution in [-0.4, -0.2) is 60.4 Å². The molecule has 6 heteroatoms. The molecular weight excluding hydrogens is 216 g/mol. The van der Waals surface area contributed by atoms with Gasteiger partial charge in [0.15, 0.2) is 12.1 Å². The van der Waals surface area contributed by atoms with Gasteiger partial charge in [-0.1, -0.05) is 0 Å². The van der Waals surface area contributed by atoms with Gasteiger partial charge in [0.1, 0.15) is 24.4 Å². The maximum Gasteiger partial charge on any atom is 0.186 e.